The predicted molar refractivity (Wildman–Crippen MR) is 108 cm³/mol. The standard InChI is InChI=1S/C22H21F3N2O5/c1-31-16-6-7-18(17(10-16)21(30)32-2)26-20(29)14-9-19(28)27(12-14)11-13-4-3-5-15(8-13)22(23,24)25/h3-8,10,14H,9,11-12H2,1-2H3,(H,26,29). The molecule has 32 heavy (non-hydrogen) atoms. The molecule has 1 aliphatic heterocycles. The normalized spacial score (nSPS) is 16.1. The van der Waals surface area contributed by atoms with Gasteiger partial charge in [-0.05, 0) is 35.9 Å². The fourth-order valence-electron chi connectivity index (χ4n) is 3.44. The second-order valence-corrected chi connectivity index (χ2v) is 7.27. The van der Waals surface area contributed by atoms with Crippen molar-refractivity contribution < 1.29 is 37.0 Å². The average molecular weight is 450 g/mol. The maximum atomic E-state index is 12.9. The van der Waals surface area contributed by atoms with Crippen LogP contribution in [0.25, 0.3) is 0 Å². The minimum Gasteiger partial charge on any atom is -0.497 e. The SMILES string of the molecule is COC(=O)c1cc(OC)ccc1NC(=O)C1CC(=O)N(Cc2cccc(C(F)(F)F)c2)C1. The number of nitrogens with one attached hydrogen (secondary N) is 1. The number of esters is 1. The molecule has 0 aromatic heterocycles. The molecule has 1 unspecified atom stereocenters. The van der Waals surface area contributed by atoms with Gasteiger partial charge in [0.05, 0.1) is 37.0 Å². The Balaban J connectivity index is 1.70. The first kappa shape index (κ1) is 23.1. The van der Waals surface area contributed by atoms with Gasteiger partial charge in [-0.3, -0.25) is 9.59 Å². The van der Waals surface area contributed by atoms with E-state index in [-0.39, 0.29) is 36.7 Å². The molecule has 2 amide bonds. The van der Waals surface area contributed by atoms with Crippen LogP contribution in [-0.2, 0) is 27.0 Å². The Labute approximate surface area is 182 Å². The minimum absolute atomic E-state index is 0.0392. The van der Waals surface area contributed by atoms with Crippen molar-refractivity contribution in [1.82, 2.24) is 4.90 Å². The van der Waals surface area contributed by atoms with Crippen molar-refractivity contribution in [1.29, 1.82) is 0 Å². The summed E-state index contributed by atoms with van der Waals surface area (Å²) in [5.74, 6) is -1.83. The third kappa shape index (κ3) is 5.19. The maximum absolute atomic E-state index is 12.9. The molecule has 0 bridgehead atoms. The number of anilines is 1. The number of benzene rings is 2. The van der Waals surface area contributed by atoms with E-state index in [1.165, 1.54) is 43.4 Å². The summed E-state index contributed by atoms with van der Waals surface area (Å²) in [5, 5.41) is 2.63. The van der Waals surface area contributed by atoms with Crippen molar-refractivity contribution in [3.8, 4) is 5.75 Å². The van der Waals surface area contributed by atoms with Crippen LogP contribution in [0.5, 0.6) is 5.75 Å². The molecular formula is C22H21F3N2O5. The number of hydrogen-bond donors (Lipinski definition) is 1. The number of amides is 2. The Morgan fingerprint density at radius 2 is 1.91 bits per heavy atom. The number of nitrogens with zero attached hydrogens (tertiary/aromatic N) is 1. The van der Waals surface area contributed by atoms with Gasteiger partial charge in [-0.15, -0.1) is 0 Å². The molecule has 2 aromatic rings. The average Bonchev–Trinajstić information content (AvgIpc) is 3.13. The summed E-state index contributed by atoms with van der Waals surface area (Å²) < 4.78 is 48.6. The van der Waals surface area contributed by atoms with Gasteiger partial charge < -0.3 is 19.7 Å². The number of alkyl halides is 3. The first-order valence-electron chi connectivity index (χ1n) is 9.63. The Bertz CT molecular complexity index is 1040. The molecule has 3 rings (SSSR count). The Morgan fingerprint density at radius 3 is 2.56 bits per heavy atom. The van der Waals surface area contributed by atoms with Gasteiger partial charge in [-0.2, -0.15) is 13.2 Å². The highest BCUT2D eigenvalue weighted by Gasteiger charge is 2.35. The van der Waals surface area contributed by atoms with Crippen LogP contribution in [0.15, 0.2) is 42.5 Å². The summed E-state index contributed by atoms with van der Waals surface area (Å²) in [5.41, 5.74) is -0.195. The second kappa shape index (κ2) is 9.29. The monoisotopic (exact) mass is 450 g/mol. The Morgan fingerprint density at radius 1 is 1.16 bits per heavy atom. The third-order valence-electron chi connectivity index (χ3n) is 5.10. The van der Waals surface area contributed by atoms with E-state index >= 15 is 0 Å². The quantitative estimate of drug-likeness (QED) is 0.682. The lowest BCUT2D eigenvalue weighted by molar-refractivity contribution is -0.137. The van der Waals surface area contributed by atoms with Gasteiger partial charge in [0.25, 0.3) is 0 Å². The predicted octanol–water partition coefficient (Wildman–Crippen LogP) is 3.49. The van der Waals surface area contributed by atoms with Gasteiger partial charge in [-0.1, -0.05) is 12.1 Å². The van der Waals surface area contributed by atoms with Crippen LogP contribution in [-0.4, -0.2) is 43.4 Å². The van der Waals surface area contributed by atoms with Crippen LogP contribution in [0.2, 0.25) is 0 Å². The van der Waals surface area contributed by atoms with E-state index in [1.807, 2.05) is 0 Å². The van der Waals surface area contributed by atoms with Crippen LogP contribution in [0.1, 0.15) is 27.9 Å². The molecule has 1 atom stereocenters. The van der Waals surface area contributed by atoms with Gasteiger partial charge in [0.1, 0.15) is 5.75 Å². The Kier molecular flexibility index (Phi) is 6.71. The molecule has 10 heteroatoms. The topological polar surface area (TPSA) is 84.9 Å². The van der Waals surface area contributed by atoms with E-state index in [4.69, 9.17) is 9.47 Å². The van der Waals surface area contributed by atoms with Crippen molar-refractivity contribution >= 4 is 23.5 Å². The van der Waals surface area contributed by atoms with E-state index in [9.17, 15) is 27.6 Å². The van der Waals surface area contributed by atoms with E-state index in [0.717, 1.165) is 12.1 Å². The number of likely N-dealkylation sites (tertiary alicyclic amines) is 1. The zero-order valence-corrected chi connectivity index (χ0v) is 17.4. The summed E-state index contributed by atoms with van der Waals surface area (Å²) >= 11 is 0. The lowest BCUT2D eigenvalue weighted by Crippen LogP contribution is -2.28. The molecule has 1 saturated heterocycles. The molecule has 170 valence electrons. The molecule has 1 N–H and O–H groups in total. The zero-order chi connectivity index (χ0) is 23.5. The molecule has 7 nitrogen and oxygen atoms in total. The number of carbonyl (C=O) groups excluding carboxylic acids is 3. The summed E-state index contributed by atoms with van der Waals surface area (Å²) in [6.07, 6.45) is -4.57. The largest absolute Gasteiger partial charge is 0.497 e. The molecule has 0 saturated carbocycles. The summed E-state index contributed by atoms with van der Waals surface area (Å²) in [7, 11) is 2.63. The Hall–Kier alpha value is -3.56. The second-order valence-electron chi connectivity index (χ2n) is 7.27. The first-order chi connectivity index (χ1) is 15.1. The molecule has 0 aliphatic carbocycles. The number of hydrogen-bond acceptors (Lipinski definition) is 5. The van der Waals surface area contributed by atoms with Crippen LogP contribution < -0.4 is 10.1 Å². The van der Waals surface area contributed by atoms with Crippen LogP contribution in [0, 0.1) is 5.92 Å². The van der Waals surface area contributed by atoms with Crippen molar-refractivity contribution in [2.24, 2.45) is 5.92 Å². The van der Waals surface area contributed by atoms with Crippen molar-refractivity contribution in [2.75, 3.05) is 26.1 Å². The highest BCUT2D eigenvalue weighted by molar-refractivity contribution is 6.03. The summed E-state index contributed by atoms with van der Waals surface area (Å²) in [4.78, 5) is 38.5. The number of rotatable bonds is 6. The van der Waals surface area contributed by atoms with E-state index in [0.29, 0.717) is 11.3 Å². The zero-order valence-electron chi connectivity index (χ0n) is 17.4. The third-order valence-corrected chi connectivity index (χ3v) is 5.10. The van der Waals surface area contributed by atoms with Crippen molar-refractivity contribution in [3.05, 3.63) is 59.2 Å². The van der Waals surface area contributed by atoms with E-state index in [2.05, 4.69) is 5.32 Å². The molecule has 0 radical (unpaired) electrons. The van der Waals surface area contributed by atoms with Crippen molar-refractivity contribution in [2.45, 2.75) is 19.1 Å². The smallest absolute Gasteiger partial charge is 0.416 e. The number of methoxy groups -OCH3 is 2. The first-order valence-corrected chi connectivity index (χ1v) is 9.63. The molecule has 2 aromatic carbocycles. The van der Waals surface area contributed by atoms with Gasteiger partial charge in [-0.25, -0.2) is 4.79 Å². The van der Waals surface area contributed by atoms with Crippen LogP contribution in [0.4, 0.5) is 18.9 Å². The highest BCUT2D eigenvalue weighted by atomic mass is 19.4. The lowest BCUT2D eigenvalue weighted by atomic mass is 10.1. The van der Waals surface area contributed by atoms with E-state index in [1.54, 1.807) is 6.07 Å². The molecule has 1 heterocycles. The van der Waals surface area contributed by atoms with Gasteiger partial charge in [0.2, 0.25) is 11.8 Å². The highest BCUT2D eigenvalue weighted by Crippen LogP contribution is 2.31. The maximum Gasteiger partial charge on any atom is 0.416 e. The van der Waals surface area contributed by atoms with Gasteiger partial charge in [0, 0.05) is 19.5 Å². The fourth-order valence-corrected chi connectivity index (χ4v) is 3.44. The lowest BCUT2D eigenvalue weighted by Gasteiger charge is -2.18. The van der Waals surface area contributed by atoms with Crippen molar-refractivity contribution in [3.63, 3.8) is 0 Å². The molecule has 1 fully saturated rings. The molecular weight excluding hydrogens is 429 g/mol. The fraction of sp³-hybridized carbons (Fsp3) is 0.318. The summed E-state index contributed by atoms with van der Waals surface area (Å²) in [6.45, 7) is 0.00705. The van der Waals surface area contributed by atoms with Crippen LogP contribution >= 0.6 is 0 Å². The summed E-state index contributed by atoms with van der Waals surface area (Å²) in [6, 6.07) is 9.18. The van der Waals surface area contributed by atoms with Gasteiger partial charge in [0.15, 0.2) is 0 Å². The molecule has 0 spiro atoms. The van der Waals surface area contributed by atoms with E-state index < -0.39 is 29.5 Å². The number of halogens is 3. The number of carbonyl (C=O) groups is 3. The molecule has 1 aliphatic rings. The van der Waals surface area contributed by atoms with Gasteiger partial charge >= 0.3 is 12.1 Å². The number of ether oxygens (including phenoxy) is 2. The minimum atomic E-state index is -4.48. The van der Waals surface area contributed by atoms with Crippen LogP contribution in [0.3, 0.4) is 0 Å².